The summed E-state index contributed by atoms with van der Waals surface area (Å²) in [6.07, 6.45) is 0.525. The third-order valence-electron chi connectivity index (χ3n) is 2.67. The van der Waals surface area contributed by atoms with Gasteiger partial charge in [0.05, 0.1) is 11.0 Å². The monoisotopic (exact) mass is 277 g/mol. The Morgan fingerprint density at radius 3 is 2.50 bits per heavy atom. The number of aliphatic hydroxyl groups excluding tert-OH is 1. The van der Waals surface area contributed by atoms with Crippen LogP contribution in [-0.4, -0.2) is 16.6 Å². The summed E-state index contributed by atoms with van der Waals surface area (Å²) in [4.78, 5) is 10.1. The summed E-state index contributed by atoms with van der Waals surface area (Å²) >= 11 is 0. The van der Waals surface area contributed by atoms with Crippen LogP contribution < -0.4 is 4.74 Å². The van der Waals surface area contributed by atoms with E-state index in [0.29, 0.717) is 12.2 Å². The van der Waals surface area contributed by atoms with E-state index in [2.05, 4.69) is 0 Å². The molecular formula is C14H12FNO4. The van der Waals surface area contributed by atoms with E-state index in [1.807, 2.05) is 0 Å². The Kier molecular flexibility index (Phi) is 4.27. The summed E-state index contributed by atoms with van der Waals surface area (Å²) < 4.78 is 18.4. The molecule has 2 rings (SSSR count). The maximum atomic E-state index is 13.0. The molecule has 0 heterocycles. The predicted octanol–water partition coefficient (Wildman–Crippen LogP) is 3.06. The highest BCUT2D eigenvalue weighted by molar-refractivity contribution is 5.48. The van der Waals surface area contributed by atoms with Crippen molar-refractivity contribution in [2.75, 3.05) is 6.61 Å². The van der Waals surface area contributed by atoms with E-state index >= 15 is 0 Å². The van der Waals surface area contributed by atoms with Gasteiger partial charge in [-0.15, -0.1) is 0 Å². The summed E-state index contributed by atoms with van der Waals surface area (Å²) in [5.74, 6) is -0.310. The largest absolute Gasteiger partial charge is 0.450 e. The smallest absolute Gasteiger partial charge is 0.314 e. The molecule has 104 valence electrons. The fourth-order valence-electron chi connectivity index (χ4n) is 1.70. The zero-order chi connectivity index (χ0) is 14.5. The molecule has 0 radical (unpaired) electrons. The van der Waals surface area contributed by atoms with Crippen LogP contribution in [0.3, 0.4) is 0 Å². The normalized spacial score (nSPS) is 10.3. The van der Waals surface area contributed by atoms with Gasteiger partial charge in [-0.25, -0.2) is 4.39 Å². The van der Waals surface area contributed by atoms with E-state index in [1.165, 1.54) is 6.07 Å². The Balaban J connectivity index is 2.23. The number of hydrogen-bond donors (Lipinski definition) is 1. The van der Waals surface area contributed by atoms with Crippen LogP contribution in [0, 0.1) is 15.9 Å². The van der Waals surface area contributed by atoms with Gasteiger partial charge in [0.15, 0.2) is 0 Å². The molecule has 2 aromatic carbocycles. The zero-order valence-corrected chi connectivity index (χ0v) is 10.5. The molecule has 0 aliphatic rings. The van der Waals surface area contributed by atoms with Crippen LogP contribution in [0.15, 0.2) is 42.5 Å². The molecule has 6 heteroatoms. The van der Waals surface area contributed by atoms with Crippen LogP contribution in [0.25, 0.3) is 0 Å². The van der Waals surface area contributed by atoms with Gasteiger partial charge in [-0.3, -0.25) is 10.1 Å². The van der Waals surface area contributed by atoms with E-state index < -0.39 is 16.4 Å². The second kappa shape index (κ2) is 6.12. The molecule has 0 saturated heterocycles. The minimum Gasteiger partial charge on any atom is -0.450 e. The van der Waals surface area contributed by atoms with Crippen LogP contribution in [0.5, 0.6) is 11.5 Å². The van der Waals surface area contributed by atoms with Gasteiger partial charge in [-0.2, -0.15) is 0 Å². The zero-order valence-electron chi connectivity index (χ0n) is 10.5. The molecule has 1 N–H and O–H groups in total. The first-order valence-electron chi connectivity index (χ1n) is 5.92. The number of nitro groups is 1. The van der Waals surface area contributed by atoms with Crippen molar-refractivity contribution in [1.82, 2.24) is 0 Å². The molecule has 0 aliphatic carbocycles. The summed E-state index contributed by atoms with van der Waals surface area (Å²) in [6, 6.07) is 9.91. The Morgan fingerprint density at radius 2 is 1.90 bits per heavy atom. The van der Waals surface area contributed by atoms with Crippen LogP contribution >= 0.6 is 0 Å². The first kappa shape index (κ1) is 14.0. The van der Waals surface area contributed by atoms with E-state index in [-0.39, 0.29) is 12.4 Å². The molecule has 2 aromatic rings. The van der Waals surface area contributed by atoms with Crippen molar-refractivity contribution in [3.05, 3.63) is 64.0 Å². The van der Waals surface area contributed by atoms with Crippen molar-refractivity contribution in [2.45, 2.75) is 6.42 Å². The molecule has 0 aromatic heterocycles. The quantitative estimate of drug-likeness (QED) is 0.673. The number of aliphatic hydroxyl groups is 1. The van der Waals surface area contributed by atoms with Crippen LogP contribution in [0.1, 0.15) is 5.56 Å². The lowest BCUT2D eigenvalue weighted by atomic mass is 10.1. The van der Waals surface area contributed by atoms with E-state index in [0.717, 1.165) is 17.7 Å². The topological polar surface area (TPSA) is 72.6 Å². The Labute approximate surface area is 114 Å². The van der Waals surface area contributed by atoms with Crippen LogP contribution in [-0.2, 0) is 6.42 Å². The first-order chi connectivity index (χ1) is 9.60. The van der Waals surface area contributed by atoms with Gasteiger partial charge < -0.3 is 9.84 Å². The molecule has 0 saturated carbocycles. The van der Waals surface area contributed by atoms with E-state index in [9.17, 15) is 14.5 Å². The second-order valence-corrected chi connectivity index (χ2v) is 4.09. The highest BCUT2D eigenvalue weighted by Gasteiger charge is 2.16. The van der Waals surface area contributed by atoms with Gasteiger partial charge in [0.1, 0.15) is 11.6 Å². The molecule has 5 nitrogen and oxygen atoms in total. The summed E-state index contributed by atoms with van der Waals surface area (Å²) in [5.41, 5.74) is 0.498. The Hall–Kier alpha value is -2.47. The SMILES string of the molecule is O=[N+]([O-])c1cc(F)ccc1Oc1ccc(CCO)cc1. The van der Waals surface area contributed by atoms with Crippen LogP contribution in [0.2, 0.25) is 0 Å². The third kappa shape index (κ3) is 3.30. The second-order valence-electron chi connectivity index (χ2n) is 4.09. The number of ether oxygens (including phenoxy) is 1. The van der Waals surface area contributed by atoms with Gasteiger partial charge in [0.2, 0.25) is 5.75 Å². The fraction of sp³-hybridized carbons (Fsp3) is 0.143. The van der Waals surface area contributed by atoms with Crippen molar-refractivity contribution in [3.8, 4) is 11.5 Å². The minimum atomic E-state index is -0.696. The van der Waals surface area contributed by atoms with Gasteiger partial charge in [0, 0.05) is 6.61 Å². The number of nitrogens with zero attached hydrogens (tertiary/aromatic N) is 1. The van der Waals surface area contributed by atoms with E-state index in [1.54, 1.807) is 24.3 Å². The van der Waals surface area contributed by atoms with Crippen molar-refractivity contribution >= 4 is 5.69 Å². The van der Waals surface area contributed by atoms with Gasteiger partial charge in [0.25, 0.3) is 0 Å². The van der Waals surface area contributed by atoms with Gasteiger partial charge >= 0.3 is 5.69 Å². The average molecular weight is 277 g/mol. The van der Waals surface area contributed by atoms with Gasteiger partial charge in [-0.05, 0) is 36.2 Å². The molecule has 0 spiro atoms. The highest BCUT2D eigenvalue weighted by atomic mass is 19.1. The summed E-state index contributed by atoms with van der Waals surface area (Å²) in [5, 5.41) is 19.6. The standard InChI is InChI=1S/C14H12FNO4/c15-11-3-6-14(13(9-11)16(18)19)20-12-4-1-10(2-5-12)7-8-17/h1-6,9,17H,7-8H2. The molecule has 0 fully saturated rings. The number of rotatable bonds is 5. The Bertz CT molecular complexity index is 613. The maximum Gasteiger partial charge on any atom is 0.314 e. The lowest BCUT2D eigenvalue weighted by molar-refractivity contribution is -0.385. The maximum absolute atomic E-state index is 13.0. The molecule has 0 atom stereocenters. The summed E-state index contributed by atoms with van der Waals surface area (Å²) in [7, 11) is 0. The average Bonchev–Trinajstić information content (AvgIpc) is 2.43. The third-order valence-corrected chi connectivity index (χ3v) is 2.67. The van der Waals surface area contributed by atoms with Crippen molar-refractivity contribution < 1.29 is 19.2 Å². The molecule has 0 aliphatic heterocycles. The minimum absolute atomic E-state index is 0.0219. The molecule has 0 bridgehead atoms. The fourth-order valence-corrected chi connectivity index (χ4v) is 1.70. The number of benzene rings is 2. The van der Waals surface area contributed by atoms with Crippen molar-refractivity contribution in [3.63, 3.8) is 0 Å². The predicted molar refractivity (Wildman–Crippen MR) is 70.4 cm³/mol. The molecule has 0 amide bonds. The lowest BCUT2D eigenvalue weighted by Gasteiger charge is -2.07. The lowest BCUT2D eigenvalue weighted by Crippen LogP contribution is -1.95. The summed E-state index contributed by atoms with van der Waals surface area (Å²) in [6.45, 7) is 0.0453. The molecule has 20 heavy (non-hydrogen) atoms. The number of nitro benzene ring substituents is 1. The Morgan fingerprint density at radius 1 is 1.20 bits per heavy atom. The number of hydrogen-bond acceptors (Lipinski definition) is 4. The van der Waals surface area contributed by atoms with Gasteiger partial charge in [-0.1, -0.05) is 12.1 Å². The van der Waals surface area contributed by atoms with Crippen molar-refractivity contribution in [2.24, 2.45) is 0 Å². The molecular weight excluding hydrogens is 265 g/mol. The number of halogens is 1. The highest BCUT2D eigenvalue weighted by Crippen LogP contribution is 2.31. The van der Waals surface area contributed by atoms with E-state index in [4.69, 9.17) is 9.84 Å². The van der Waals surface area contributed by atoms with Crippen LogP contribution in [0.4, 0.5) is 10.1 Å². The molecule has 0 unspecified atom stereocenters. The first-order valence-corrected chi connectivity index (χ1v) is 5.92. The van der Waals surface area contributed by atoms with Crippen molar-refractivity contribution in [1.29, 1.82) is 0 Å².